The molecule has 4 rings (SSSR count). The zero-order valence-corrected chi connectivity index (χ0v) is 19.0. The van der Waals surface area contributed by atoms with Gasteiger partial charge in [-0.3, -0.25) is 14.7 Å². The van der Waals surface area contributed by atoms with Gasteiger partial charge in [-0.15, -0.1) is 0 Å². The standard InChI is InChI=1S/C24H31N3O5/c1-17(2)10-27-13-20(30-15-18-5-4-6-25-9-18)12-26(14-23(27)28)11-19-7-21(29-3)24-22(8-19)31-16-32-24/h4-9,17,20H,10-16H2,1-3H3/t20-/m1/s1. The second-order valence-corrected chi connectivity index (χ2v) is 8.69. The fourth-order valence-electron chi connectivity index (χ4n) is 4.12. The van der Waals surface area contributed by atoms with Gasteiger partial charge in [0.1, 0.15) is 0 Å². The lowest BCUT2D eigenvalue weighted by atomic mass is 10.1. The number of methoxy groups -OCH3 is 1. The molecule has 0 unspecified atom stereocenters. The summed E-state index contributed by atoms with van der Waals surface area (Å²) in [6.07, 6.45) is 3.46. The first kappa shape index (κ1) is 22.4. The maximum atomic E-state index is 13.0. The lowest BCUT2D eigenvalue weighted by molar-refractivity contribution is -0.132. The van der Waals surface area contributed by atoms with Gasteiger partial charge in [-0.25, -0.2) is 0 Å². The Morgan fingerprint density at radius 3 is 2.84 bits per heavy atom. The van der Waals surface area contributed by atoms with E-state index in [1.165, 1.54) is 0 Å². The van der Waals surface area contributed by atoms with Gasteiger partial charge in [-0.1, -0.05) is 19.9 Å². The Morgan fingerprint density at radius 2 is 2.09 bits per heavy atom. The molecule has 32 heavy (non-hydrogen) atoms. The van der Waals surface area contributed by atoms with Gasteiger partial charge in [0.25, 0.3) is 0 Å². The molecule has 172 valence electrons. The van der Waals surface area contributed by atoms with Crippen molar-refractivity contribution in [3.8, 4) is 17.2 Å². The van der Waals surface area contributed by atoms with Gasteiger partial charge in [0, 0.05) is 38.6 Å². The van der Waals surface area contributed by atoms with Gasteiger partial charge >= 0.3 is 0 Å². The topological polar surface area (TPSA) is 73.4 Å². The zero-order valence-electron chi connectivity index (χ0n) is 19.0. The predicted octanol–water partition coefficient (Wildman–Crippen LogP) is 2.70. The number of fused-ring (bicyclic) bond motifs is 1. The van der Waals surface area contributed by atoms with Crippen molar-refractivity contribution >= 4 is 5.91 Å². The lowest BCUT2D eigenvalue weighted by Gasteiger charge is -2.26. The third kappa shape index (κ3) is 5.49. The Morgan fingerprint density at radius 1 is 1.22 bits per heavy atom. The summed E-state index contributed by atoms with van der Waals surface area (Å²) in [5, 5.41) is 0. The number of benzene rings is 1. The van der Waals surface area contributed by atoms with Crippen LogP contribution in [0.2, 0.25) is 0 Å². The van der Waals surface area contributed by atoms with Crippen molar-refractivity contribution in [2.24, 2.45) is 5.92 Å². The van der Waals surface area contributed by atoms with E-state index >= 15 is 0 Å². The number of hydrogen-bond acceptors (Lipinski definition) is 7. The number of hydrogen-bond donors (Lipinski definition) is 0. The number of amides is 1. The highest BCUT2D eigenvalue weighted by Gasteiger charge is 2.29. The quantitative estimate of drug-likeness (QED) is 0.624. The van der Waals surface area contributed by atoms with Crippen molar-refractivity contribution < 1.29 is 23.7 Å². The molecular formula is C24H31N3O5. The van der Waals surface area contributed by atoms with Crippen LogP contribution in [-0.4, -0.2) is 66.9 Å². The summed E-state index contributed by atoms with van der Waals surface area (Å²) in [6.45, 7) is 7.78. The summed E-state index contributed by atoms with van der Waals surface area (Å²) in [4.78, 5) is 21.3. The largest absolute Gasteiger partial charge is 0.493 e. The minimum atomic E-state index is -0.101. The van der Waals surface area contributed by atoms with Crippen LogP contribution in [0.3, 0.4) is 0 Å². The smallest absolute Gasteiger partial charge is 0.236 e. The van der Waals surface area contributed by atoms with Gasteiger partial charge in [0.15, 0.2) is 11.5 Å². The third-order valence-electron chi connectivity index (χ3n) is 5.52. The summed E-state index contributed by atoms with van der Waals surface area (Å²) in [5.41, 5.74) is 2.02. The van der Waals surface area contributed by atoms with Crippen LogP contribution in [0.5, 0.6) is 17.2 Å². The van der Waals surface area contributed by atoms with Crippen molar-refractivity contribution in [2.75, 3.05) is 40.1 Å². The molecule has 1 aromatic carbocycles. The van der Waals surface area contributed by atoms with Gasteiger partial charge in [-0.05, 0) is 35.2 Å². The molecule has 0 N–H and O–H groups in total. The van der Waals surface area contributed by atoms with Gasteiger partial charge in [-0.2, -0.15) is 0 Å². The van der Waals surface area contributed by atoms with Crippen LogP contribution in [0, 0.1) is 5.92 Å². The summed E-state index contributed by atoms with van der Waals surface area (Å²) in [5.74, 6) is 2.46. The molecule has 2 aliphatic heterocycles. The second kappa shape index (κ2) is 10.2. The van der Waals surface area contributed by atoms with Crippen molar-refractivity contribution in [3.05, 3.63) is 47.8 Å². The number of aromatic nitrogens is 1. The SMILES string of the molecule is COc1cc(CN2CC(=O)N(CC(C)C)C[C@H](OCc3cccnc3)C2)cc2c1OCO2. The molecule has 0 bridgehead atoms. The van der Waals surface area contributed by atoms with E-state index in [0.29, 0.717) is 56.0 Å². The van der Waals surface area contributed by atoms with Gasteiger partial charge in [0.05, 0.1) is 26.4 Å². The molecule has 0 spiro atoms. The van der Waals surface area contributed by atoms with Crippen molar-refractivity contribution in [2.45, 2.75) is 33.1 Å². The molecule has 0 radical (unpaired) electrons. The molecule has 3 heterocycles. The Labute approximate surface area is 189 Å². The minimum Gasteiger partial charge on any atom is -0.493 e. The molecule has 8 nitrogen and oxygen atoms in total. The lowest BCUT2D eigenvalue weighted by Crippen LogP contribution is -2.40. The Kier molecular flexibility index (Phi) is 7.12. The van der Waals surface area contributed by atoms with Crippen LogP contribution in [0.15, 0.2) is 36.7 Å². The molecule has 1 atom stereocenters. The monoisotopic (exact) mass is 441 g/mol. The molecule has 2 aliphatic rings. The summed E-state index contributed by atoms with van der Waals surface area (Å²) in [7, 11) is 1.61. The van der Waals surface area contributed by atoms with Crippen molar-refractivity contribution in [1.29, 1.82) is 0 Å². The zero-order chi connectivity index (χ0) is 22.5. The van der Waals surface area contributed by atoms with Gasteiger partial charge < -0.3 is 23.8 Å². The van der Waals surface area contributed by atoms with E-state index in [0.717, 1.165) is 17.7 Å². The Bertz CT molecular complexity index is 921. The first-order chi connectivity index (χ1) is 15.5. The van der Waals surface area contributed by atoms with Crippen LogP contribution in [0.25, 0.3) is 0 Å². The van der Waals surface area contributed by atoms with Crippen LogP contribution >= 0.6 is 0 Å². The van der Waals surface area contributed by atoms with Gasteiger partial charge in [0.2, 0.25) is 18.4 Å². The number of pyridine rings is 1. The molecule has 1 amide bonds. The molecule has 1 saturated heterocycles. The van der Waals surface area contributed by atoms with Crippen molar-refractivity contribution in [1.82, 2.24) is 14.8 Å². The number of nitrogens with zero attached hydrogens (tertiary/aromatic N) is 3. The number of rotatable bonds is 8. The number of carbonyl (C=O) groups is 1. The molecular weight excluding hydrogens is 410 g/mol. The molecule has 1 aromatic heterocycles. The van der Waals surface area contributed by atoms with Crippen LogP contribution < -0.4 is 14.2 Å². The van der Waals surface area contributed by atoms with E-state index in [-0.39, 0.29) is 18.8 Å². The number of ether oxygens (including phenoxy) is 4. The van der Waals surface area contributed by atoms with E-state index in [2.05, 4.69) is 23.7 Å². The highest BCUT2D eigenvalue weighted by molar-refractivity contribution is 5.78. The molecule has 0 saturated carbocycles. The van der Waals surface area contributed by atoms with E-state index in [9.17, 15) is 4.79 Å². The van der Waals surface area contributed by atoms with E-state index in [4.69, 9.17) is 18.9 Å². The minimum absolute atomic E-state index is 0.101. The first-order valence-electron chi connectivity index (χ1n) is 11.0. The second-order valence-electron chi connectivity index (χ2n) is 8.69. The maximum absolute atomic E-state index is 13.0. The first-order valence-corrected chi connectivity index (χ1v) is 11.0. The number of carbonyl (C=O) groups excluding carboxylic acids is 1. The van der Waals surface area contributed by atoms with E-state index in [1.807, 2.05) is 35.4 Å². The third-order valence-corrected chi connectivity index (χ3v) is 5.52. The van der Waals surface area contributed by atoms with Crippen LogP contribution in [0.1, 0.15) is 25.0 Å². The van der Waals surface area contributed by atoms with Crippen molar-refractivity contribution in [3.63, 3.8) is 0 Å². The Hall–Kier alpha value is -2.84. The highest BCUT2D eigenvalue weighted by Crippen LogP contribution is 2.42. The van der Waals surface area contributed by atoms with Crippen LogP contribution in [0.4, 0.5) is 0 Å². The molecule has 0 aliphatic carbocycles. The van der Waals surface area contributed by atoms with Crippen LogP contribution in [-0.2, 0) is 22.7 Å². The average molecular weight is 442 g/mol. The predicted molar refractivity (Wildman–Crippen MR) is 119 cm³/mol. The average Bonchev–Trinajstić information content (AvgIpc) is 3.19. The molecule has 8 heteroatoms. The fourth-order valence-corrected chi connectivity index (χ4v) is 4.12. The summed E-state index contributed by atoms with van der Waals surface area (Å²) >= 11 is 0. The highest BCUT2D eigenvalue weighted by atomic mass is 16.7. The van der Waals surface area contributed by atoms with E-state index in [1.54, 1.807) is 13.3 Å². The molecule has 1 fully saturated rings. The normalized spacial score (nSPS) is 18.8. The van der Waals surface area contributed by atoms with E-state index < -0.39 is 0 Å². The summed E-state index contributed by atoms with van der Waals surface area (Å²) < 4.78 is 22.8. The fraction of sp³-hybridized carbons (Fsp3) is 0.500. The maximum Gasteiger partial charge on any atom is 0.236 e. The Balaban J connectivity index is 1.50. The molecule has 2 aromatic rings. The summed E-state index contributed by atoms with van der Waals surface area (Å²) in [6, 6.07) is 7.80.